The van der Waals surface area contributed by atoms with Crippen molar-refractivity contribution in [3.8, 4) is 11.5 Å². The topological polar surface area (TPSA) is 69.0 Å². The molecule has 0 radical (unpaired) electrons. The lowest BCUT2D eigenvalue weighted by Gasteiger charge is -2.23. The molecule has 1 aliphatic rings. The van der Waals surface area contributed by atoms with Crippen LogP contribution in [0, 0.1) is 0 Å². The van der Waals surface area contributed by atoms with E-state index in [4.69, 9.17) is 9.47 Å². The Morgan fingerprint density at radius 3 is 2.76 bits per heavy atom. The average Bonchev–Trinajstić information content (AvgIpc) is 3.47. The Balaban J connectivity index is 1.66. The number of aromatic nitrogens is 2. The van der Waals surface area contributed by atoms with Gasteiger partial charge in [-0.3, -0.25) is 9.48 Å². The fourth-order valence-corrected chi connectivity index (χ4v) is 4.34. The van der Waals surface area contributed by atoms with Gasteiger partial charge in [0.2, 0.25) is 0 Å². The predicted octanol–water partition coefficient (Wildman–Crippen LogP) is 4.10. The van der Waals surface area contributed by atoms with Gasteiger partial charge in [-0.15, -0.1) is 11.3 Å². The summed E-state index contributed by atoms with van der Waals surface area (Å²) in [6, 6.07) is 9.49. The number of carbonyl (C=O) groups is 1. The van der Waals surface area contributed by atoms with Crippen LogP contribution in [0.2, 0.25) is 0 Å². The number of amides is 1. The fourth-order valence-electron chi connectivity index (χ4n) is 3.29. The third kappa shape index (κ3) is 4.06. The van der Waals surface area contributed by atoms with E-state index in [1.54, 1.807) is 47.6 Å². The van der Waals surface area contributed by atoms with Crippen LogP contribution < -0.4 is 9.47 Å². The van der Waals surface area contributed by atoms with Crippen molar-refractivity contribution in [3.05, 3.63) is 63.0 Å². The summed E-state index contributed by atoms with van der Waals surface area (Å²) in [4.78, 5) is 14.2. The lowest BCUT2D eigenvalue weighted by atomic mass is 10.0. The van der Waals surface area contributed by atoms with Crippen LogP contribution in [0.4, 0.5) is 0 Å². The Hall–Kier alpha value is -2.65. The molecule has 1 aliphatic heterocycles. The zero-order chi connectivity index (χ0) is 20.4. The minimum absolute atomic E-state index is 0.108. The van der Waals surface area contributed by atoms with Crippen molar-refractivity contribution >= 4 is 38.9 Å². The highest BCUT2D eigenvalue weighted by atomic mass is 79.9. The number of halogens is 1. The molecule has 0 saturated carbocycles. The van der Waals surface area contributed by atoms with Crippen LogP contribution in [0.5, 0.6) is 11.5 Å². The molecular formula is C20H19BrN4O3S. The quantitative estimate of drug-likeness (QED) is 0.539. The van der Waals surface area contributed by atoms with E-state index >= 15 is 0 Å². The molecule has 0 aliphatic carbocycles. The van der Waals surface area contributed by atoms with Crippen molar-refractivity contribution in [1.29, 1.82) is 0 Å². The van der Waals surface area contributed by atoms with Crippen molar-refractivity contribution in [2.75, 3.05) is 14.2 Å². The van der Waals surface area contributed by atoms with Crippen molar-refractivity contribution in [3.63, 3.8) is 0 Å². The van der Waals surface area contributed by atoms with Gasteiger partial charge in [-0.25, -0.2) is 5.01 Å². The summed E-state index contributed by atoms with van der Waals surface area (Å²) in [5.74, 6) is 1.14. The van der Waals surface area contributed by atoms with E-state index in [9.17, 15) is 4.79 Å². The van der Waals surface area contributed by atoms with Gasteiger partial charge in [0, 0.05) is 12.6 Å². The molecule has 1 atom stereocenters. The van der Waals surface area contributed by atoms with E-state index in [1.807, 2.05) is 35.7 Å². The second-order valence-corrected chi connectivity index (χ2v) is 8.32. The number of methoxy groups -OCH3 is 2. The molecule has 0 saturated heterocycles. The van der Waals surface area contributed by atoms with E-state index in [0.717, 1.165) is 20.6 Å². The molecule has 0 bridgehead atoms. The van der Waals surface area contributed by atoms with Gasteiger partial charge in [-0.05, 0) is 45.1 Å². The lowest BCUT2D eigenvalue weighted by molar-refractivity contribution is -0.133. The van der Waals surface area contributed by atoms with Crippen molar-refractivity contribution in [2.24, 2.45) is 5.10 Å². The Bertz CT molecular complexity index is 1050. The van der Waals surface area contributed by atoms with Crippen LogP contribution >= 0.6 is 27.3 Å². The Morgan fingerprint density at radius 1 is 1.28 bits per heavy atom. The average molecular weight is 475 g/mol. The minimum atomic E-state index is -0.224. The van der Waals surface area contributed by atoms with Gasteiger partial charge in [0.15, 0.2) is 11.5 Å². The molecule has 9 heteroatoms. The smallest absolute Gasteiger partial charge is 0.264 e. The monoisotopic (exact) mass is 474 g/mol. The second-order valence-electron chi connectivity index (χ2n) is 6.45. The number of benzene rings is 1. The third-order valence-electron chi connectivity index (χ3n) is 4.66. The summed E-state index contributed by atoms with van der Waals surface area (Å²) in [7, 11) is 3.20. The third-order valence-corrected chi connectivity index (χ3v) is 5.99. The van der Waals surface area contributed by atoms with Crippen LogP contribution in [0.15, 0.2) is 57.7 Å². The maximum Gasteiger partial charge on any atom is 0.264 e. The summed E-state index contributed by atoms with van der Waals surface area (Å²) < 4.78 is 13.2. The molecule has 29 heavy (non-hydrogen) atoms. The Kier molecular flexibility index (Phi) is 5.68. The Labute approximate surface area is 180 Å². The maximum absolute atomic E-state index is 13.1. The highest BCUT2D eigenvalue weighted by Gasteiger charge is 2.34. The van der Waals surface area contributed by atoms with Gasteiger partial charge in [-0.2, -0.15) is 10.2 Å². The van der Waals surface area contributed by atoms with Crippen LogP contribution in [0.3, 0.4) is 0 Å². The summed E-state index contributed by atoms with van der Waals surface area (Å²) in [6.45, 7) is 0.108. The van der Waals surface area contributed by atoms with Gasteiger partial charge in [0.05, 0.1) is 41.5 Å². The molecule has 7 nitrogen and oxygen atoms in total. The first-order chi connectivity index (χ1) is 14.1. The molecule has 150 valence electrons. The molecule has 2 aromatic heterocycles. The Morgan fingerprint density at radius 2 is 2.10 bits per heavy atom. The SMILES string of the molecule is COc1ccc(C2CC(c3cccs3)=NN2C(=O)Cn2cc(Br)cn2)cc1OC. The number of thiophene rings is 1. The highest BCUT2D eigenvalue weighted by molar-refractivity contribution is 9.10. The van der Waals surface area contributed by atoms with Crippen LogP contribution in [-0.2, 0) is 11.3 Å². The standard InChI is InChI=1S/C20H19BrN4O3S/c1-27-17-6-5-13(8-18(17)28-2)16-9-15(19-4-3-7-29-19)23-25(16)20(26)12-24-11-14(21)10-22-24/h3-8,10-11,16H,9,12H2,1-2H3. The number of carbonyl (C=O) groups excluding carboxylic acids is 1. The molecule has 1 amide bonds. The van der Waals surface area contributed by atoms with Crippen LogP contribution in [-0.4, -0.2) is 40.6 Å². The summed E-state index contributed by atoms with van der Waals surface area (Å²) in [5, 5.41) is 12.4. The molecular weight excluding hydrogens is 456 g/mol. The fraction of sp³-hybridized carbons (Fsp3) is 0.250. The molecule has 4 rings (SSSR count). The number of hydrogen-bond acceptors (Lipinski definition) is 6. The van der Waals surface area contributed by atoms with E-state index < -0.39 is 0 Å². The minimum Gasteiger partial charge on any atom is -0.493 e. The molecule has 3 heterocycles. The molecule has 1 aromatic carbocycles. The normalized spacial score (nSPS) is 16.0. The molecule has 0 fully saturated rings. The van der Waals surface area contributed by atoms with Crippen molar-refractivity contribution < 1.29 is 14.3 Å². The number of hydrazone groups is 1. The second kappa shape index (κ2) is 8.38. The van der Waals surface area contributed by atoms with Gasteiger partial charge in [0.25, 0.3) is 5.91 Å². The van der Waals surface area contributed by atoms with Gasteiger partial charge < -0.3 is 9.47 Å². The number of rotatable bonds is 6. The maximum atomic E-state index is 13.1. The number of hydrogen-bond donors (Lipinski definition) is 0. The predicted molar refractivity (Wildman–Crippen MR) is 115 cm³/mol. The van der Waals surface area contributed by atoms with Crippen LogP contribution in [0.25, 0.3) is 0 Å². The molecule has 0 spiro atoms. The summed E-state index contributed by atoms with van der Waals surface area (Å²) in [5.41, 5.74) is 1.84. The van der Waals surface area contributed by atoms with Gasteiger partial charge in [-0.1, -0.05) is 12.1 Å². The van der Waals surface area contributed by atoms with E-state index in [0.29, 0.717) is 17.9 Å². The lowest BCUT2D eigenvalue weighted by Crippen LogP contribution is -2.30. The molecule has 3 aromatic rings. The number of ether oxygens (including phenoxy) is 2. The first-order valence-electron chi connectivity index (χ1n) is 8.92. The van der Waals surface area contributed by atoms with E-state index in [-0.39, 0.29) is 18.5 Å². The van der Waals surface area contributed by atoms with Crippen molar-refractivity contribution in [2.45, 2.75) is 19.0 Å². The molecule has 0 N–H and O–H groups in total. The van der Waals surface area contributed by atoms with Crippen LogP contribution in [0.1, 0.15) is 22.9 Å². The van der Waals surface area contributed by atoms with E-state index in [2.05, 4.69) is 26.1 Å². The number of nitrogens with zero attached hydrogens (tertiary/aromatic N) is 4. The first-order valence-corrected chi connectivity index (χ1v) is 10.6. The summed E-state index contributed by atoms with van der Waals surface area (Å²) in [6.07, 6.45) is 4.05. The zero-order valence-electron chi connectivity index (χ0n) is 15.9. The van der Waals surface area contributed by atoms with Gasteiger partial charge >= 0.3 is 0 Å². The van der Waals surface area contributed by atoms with Gasteiger partial charge in [0.1, 0.15) is 6.54 Å². The molecule has 1 unspecified atom stereocenters. The van der Waals surface area contributed by atoms with E-state index in [1.165, 1.54) is 0 Å². The van der Waals surface area contributed by atoms with Crippen molar-refractivity contribution in [1.82, 2.24) is 14.8 Å². The zero-order valence-corrected chi connectivity index (χ0v) is 18.3. The summed E-state index contributed by atoms with van der Waals surface area (Å²) >= 11 is 4.97. The first kappa shape index (κ1) is 19.7. The highest BCUT2D eigenvalue weighted by Crippen LogP contribution is 2.38. The largest absolute Gasteiger partial charge is 0.493 e.